The van der Waals surface area contributed by atoms with E-state index in [0.717, 1.165) is 22.3 Å². The maximum atomic E-state index is 10.9. The van der Waals surface area contributed by atoms with Crippen LogP contribution < -0.4 is 5.32 Å². The average molecular weight is 333 g/mol. The maximum absolute atomic E-state index is 10.9. The van der Waals surface area contributed by atoms with E-state index < -0.39 is 0 Å². The molecule has 0 spiro atoms. The van der Waals surface area contributed by atoms with Crippen LogP contribution in [0.15, 0.2) is 22.7 Å². The molecule has 0 radical (unpaired) electrons. The van der Waals surface area contributed by atoms with Crippen molar-refractivity contribution in [2.75, 3.05) is 18.6 Å². The second-order valence-corrected chi connectivity index (χ2v) is 6.05. The van der Waals surface area contributed by atoms with Gasteiger partial charge in [0.15, 0.2) is 0 Å². The van der Waals surface area contributed by atoms with Crippen LogP contribution in [0, 0.1) is 16.0 Å². The zero-order valence-electron chi connectivity index (χ0n) is 10.5. The van der Waals surface area contributed by atoms with Gasteiger partial charge in [-0.15, -0.1) is 0 Å². The fourth-order valence-electron chi connectivity index (χ4n) is 1.65. The number of thioether (sulfide) groups is 1. The van der Waals surface area contributed by atoms with Crippen LogP contribution in [0.5, 0.6) is 0 Å². The molecule has 18 heavy (non-hydrogen) atoms. The molecule has 1 rings (SSSR count). The lowest BCUT2D eigenvalue weighted by molar-refractivity contribution is -0.385. The van der Waals surface area contributed by atoms with Gasteiger partial charge in [0, 0.05) is 22.6 Å². The lowest BCUT2D eigenvalue weighted by Crippen LogP contribution is -2.22. The number of nitrogens with zero attached hydrogens (tertiary/aromatic N) is 1. The van der Waals surface area contributed by atoms with E-state index in [9.17, 15) is 10.1 Å². The summed E-state index contributed by atoms with van der Waals surface area (Å²) in [6.45, 7) is 3.57. The minimum absolute atomic E-state index is 0.161. The molecule has 6 heteroatoms. The van der Waals surface area contributed by atoms with E-state index in [2.05, 4.69) is 34.4 Å². The highest BCUT2D eigenvalue weighted by Crippen LogP contribution is 2.23. The Bertz CT molecular complexity index is 415. The molecule has 0 saturated carbocycles. The van der Waals surface area contributed by atoms with Crippen molar-refractivity contribution in [1.29, 1.82) is 0 Å². The Morgan fingerprint density at radius 2 is 2.28 bits per heavy atom. The molecule has 1 aromatic carbocycles. The monoisotopic (exact) mass is 332 g/mol. The van der Waals surface area contributed by atoms with Gasteiger partial charge in [-0.2, -0.15) is 11.8 Å². The van der Waals surface area contributed by atoms with E-state index in [1.54, 1.807) is 12.1 Å². The summed E-state index contributed by atoms with van der Waals surface area (Å²) < 4.78 is 0.730. The lowest BCUT2D eigenvalue weighted by Gasteiger charge is -2.11. The van der Waals surface area contributed by atoms with Crippen LogP contribution in [0.4, 0.5) is 5.69 Å². The number of hydrogen-bond acceptors (Lipinski definition) is 4. The molecule has 4 nitrogen and oxygen atoms in total. The molecule has 0 fully saturated rings. The molecule has 0 amide bonds. The Morgan fingerprint density at radius 1 is 1.56 bits per heavy atom. The molecule has 1 atom stereocenters. The van der Waals surface area contributed by atoms with Crippen molar-refractivity contribution in [3.8, 4) is 0 Å². The Labute approximate surface area is 120 Å². The number of nitro benzene ring substituents is 1. The van der Waals surface area contributed by atoms with Gasteiger partial charge in [-0.1, -0.05) is 22.9 Å². The van der Waals surface area contributed by atoms with Gasteiger partial charge in [0.05, 0.1) is 4.92 Å². The highest BCUT2D eigenvalue weighted by Gasteiger charge is 2.13. The Hall–Kier alpha value is -0.590. The van der Waals surface area contributed by atoms with Crippen molar-refractivity contribution < 1.29 is 4.92 Å². The lowest BCUT2D eigenvalue weighted by atomic mass is 10.1. The van der Waals surface area contributed by atoms with Gasteiger partial charge in [-0.25, -0.2) is 0 Å². The summed E-state index contributed by atoms with van der Waals surface area (Å²) in [5, 5.41) is 14.2. The molecule has 100 valence electrons. The van der Waals surface area contributed by atoms with Crippen molar-refractivity contribution in [1.82, 2.24) is 5.32 Å². The number of benzene rings is 1. The van der Waals surface area contributed by atoms with Gasteiger partial charge in [-0.05, 0) is 36.6 Å². The van der Waals surface area contributed by atoms with E-state index >= 15 is 0 Å². The SMILES string of the molecule is CSCC(C)CNCc1ccc(Br)cc1[N+](=O)[O-]. The van der Waals surface area contributed by atoms with Crippen molar-refractivity contribution in [3.05, 3.63) is 38.3 Å². The minimum atomic E-state index is -0.340. The number of nitrogens with one attached hydrogen (secondary N) is 1. The molecule has 1 aromatic rings. The van der Waals surface area contributed by atoms with Crippen molar-refractivity contribution in [3.63, 3.8) is 0 Å². The molecule has 0 aliphatic heterocycles. The zero-order valence-corrected chi connectivity index (χ0v) is 12.9. The van der Waals surface area contributed by atoms with Crippen molar-refractivity contribution in [2.45, 2.75) is 13.5 Å². The Kier molecular flexibility index (Phi) is 6.67. The standard InChI is InChI=1S/C12H17BrN2O2S/c1-9(8-18-2)6-14-7-10-3-4-11(13)5-12(10)15(16)17/h3-5,9,14H,6-8H2,1-2H3. The number of nitro groups is 1. The third-order valence-electron chi connectivity index (χ3n) is 2.50. The van der Waals surface area contributed by atoms with Gasteiger partial charge in [0.2, 0.25) is 0 Å². The van der Waals surface area contributed by atoms with Gasteiger partial charge < -0.3 is 5.32 Å². The molecule has 0 aliphatic carbocycles. The summed E-state index contributed by atoms with van der Waals surface area (Å²) in [6, 6.07) is 5.16. The highest BCUT2D eigenvalue weighted by molar-refractivity contribution is 9.10. The third-order valence-corrected chi connectivity index (χ3v) is 3.90. The van der Waals surface area contributed by atoms with Crippen LogP contribution >= 0.6 is 27.7 Å². The smallest absolute Gasteiger partial charge is 0.275 e. The quantitative estimate of drug-likeness (QED) is 0.613. The summed E-state index contributed by atoms with van der Waals surface area (Å²) in [7, 11) is 0. The molecule has 1 unspecified atom stereocenters. The van der Waals surface area contributed by atoms with E-state index in [4.69, 9.17) is 0 Å². The first-order valence-electron chi connectivity index (χ1n) is 5.67. The predicted octanol–water partition coefficient (Wildman–Crippen LogP) is 3.45. The van der Waals surface area contributed by atoms with Crippen LogP contribution in [-0.2, 0) is 6.54 Å². The number of rotatable bonds is 7. The highest BCUT2D eigenvalue weighted by atomic mass is 79.9. The first kappa shape index (κ1) is 15.5. The number of hydrogen-bond donors (Lipinski definition) is 1. The molecule has 0 saturated heterocycles. The van der Waals surface area contributed by atoms with E-state index in [-0.39, 0.29) is 10.6 Å². The molecular weight excluding hydrogens is 316 g/mol. The van der Waals surface area contributed by atoms with Crippen LogP contribution in [0.3, 0.4) is 0 Å². The van der Waals surface area contributed by atoms with Crippen molar-refractivity contribution >= 4 is 33.4 Å². The van der Waals surface area contributed by atoms with E-state index in [0.29, 0.717) is 12.5 Å². The third kappa shape index (κ3) is 4.96. The van der Waals surface area contributed by atoms with Crippen LogP contribution in [0.2, 0.25) is 0 Å². The summed E-state index contributed by atoms with van der Waals surface area (Å²) in [5.74, 6) is 1.66. The van der Waals surface area contributed by atoms with Crippen LogP contribution in [-0.4, -0.2) is 23.5 Å². The minimum Gasteiger partial charge on any atom is -0.312 e. The maximum Gasteiger partial charge on any atom is 0.275 e. The topological polar surface area (TPSA) is 55.2 Å². The van der Waals surface area contributed by atoms with Gasteiger partial charge in [0.25, 0.3) is 5.69 Å². The molecule has 1 N–H and O–H groups in total. The first-order valence-corrected chi connectivity index (χ1v) is 7.85. The van der Waals surface area contributed by atoms with Gasteiger partial charge >= 0.3 is 0 Å². The molecule has 0 aliphatic rings. The summed E-state index contributed by atoms with van der Waals surface area (Å²) >= 11 is 5.06. The largest absolute Gasteiger partial charge is 0.312 e. The molecule has 0 heterocycles. The fraction of sp³-hybridized carbons (Fsp3) is 0.500. The zero-order chi connectivity index (χ0) is 13.5. The van der Waals surface area contributed by atoms with Crippen LogP contribution in [0.25, 0.3) is 0 Å². The first-order chi connectivity index (χ1) is 8.54. The second-order valence-electron chi connectivity index (χ2n) is 4.22. The van der Waals surface area contributed by atoms with Gasteiger partial charge in [-0.3, -0.25) is 10.1 Å². The van der Waals surface area contributed by atoms with Crippen molar-refractivity contribution in [2.24, 2.45) is 5.92 Å². The summed E-state index contributed by atoms with van der Waals surface area (Å²) in [5.41, 5.74) is 0.883. The Balaban J connectivity index is 2.59. The van der Waals surface area contributed by atoms with E-state index in [1.165, 1.54) is 0 Å². The predicted molar refractivity (Wildman–Crippen MR) is 80.0 cm³/mol. The summed E-state index contributed by atoms with van der Waals surface area (Å²) in [4.78, 5) is 10.6. The van der Waals surface area contributed by atoms with Gasteiger partial charge in [0.1, 0.15) is 0 Å². The normalized spacial score (nSPS) is 12.4. The average Bonchev–Trinajstić information content (AvgIpc) is 2.31. The Morgan fingerprint density at radius 3 is 2.89 bits per heavy atom. The van der Waals surface area contributed by atoms with Crippen LogP contribution in [0.1, 0.15) is 12.5 Å². The summed E-state index contributed by atoms with van der Waals surface area (Å²) in [6.07, 6.45) is 2.08. The second kappa shape index (κ2) is 7.76. The fourth-order valence-corrected chi connectivity index (χ4v) is 2.69. The molecule has 0 bridgehead atoms. The molecular formula is C12H17BrN2O2S. The number of halogens is 1. The van der Waals surface area contributed by atoms with E-state index in [1.807, 2.05) is 17.8 Å². The molecule has 0 aromatic heterocycles.